The molecule has 2 rings (SSSR count). The van der Waals surface area contributed by atoms with E-state index in [4.69, 9.17) is 4.74 Å². The summed E-state index contributed by atoms with van der Waals surface area (Å²) in [6.07, 6.45) is 7.53. The number of aryl methyl sites for hydroxylation is 1. The molecule has 0 unspecified atom stereocenters. The Morgan fingerprint density at radius 2 is 1.96 bits per heavy atom. The summed E-state index contributed by atoms with van der Waals surface area (Å²) in [7, 11) is 1.66. The first-order chi connectivity index (χ1) is 11.7. The number of carbonyl (C=O) groups is 1. The number of aromatic nitrogens is 1. The molecule has 2 N–H and O–H groups in total. The van der Waals surface area contributed by atoms with Gasteiger partial charge in [-0.2, -0.15) is 0 Å². The molecule has 0 radical (unpaired) electrons. The standard InChI is InChI=1S/C19H24N2O3/c1-24-17-9-7-15(8-10-17)5-3-2-4-6-19(23)21-18-13-20-12-11-16(18)14-22/h7-13,22H,2-6,14H2,1H3,(H,21,23). The Morgan fingerprint density at radius 1 is 1.17 bits per heavy atom. The highest BCUT2D eigenvalue weighted by atomic mass is 16.5. The minimum Gasteiger partial charge on any atom is -0.497 e. The lowest BCUT2D eigenvalue weighted by atomic mass is 10.1. The molecular weight excluding hydrogens is 304 g/mol. The van der Waals surface area contributed by atoms with Gasteiger partial charge < -0.3 is 15.2 Å². The van der Waals surface area contributed by atoms with Gasteiger partial charge in [0.1, 0.15) is 5.75 Å². The third-order valence-electron chi connectivity index (χ3n) is 3.88. The third kappa shape index (κ3) is 5.66. The number of pyridine rings is 1. The fraction of sp³-hybridized carbons (Fsp3) is 0.368. The van der Waals surface area contributed by atoms with Crippen molar-refractivity contribution in [1.82, 2.24) is 4.98 Å². The number of unbranched alkanes of at least 4 members (excludes halogenated alkanes) is 2. The first-order valence-corrected chi connectivity index (χ1v) is 8.19. The largest absolute Gasteiger partial charge is 0.497 e. The van der Waals surface area contributed by atoms with Crippen molar-refractivity contribution in [3.05, 3.63) is 53.9 Å². The lowest BCUT2D eigenvalue weighted by molar-refractivity contribution is -0.116. The third-order valence-corrected chi connectivity index (χ3v) is 3.88. The maximum Gasteiger partial charge on any atom is 0.224 e. The molecule has 1 aromatic heterocycles. The summed E-state index contributed by atoms with van der Waals surface area (Å²) in [6.45, 7) is -0.111. The molecule has 0 saturated carbocycles. The highest BCUT2D eigenvalue weighted by molar-refractivity contribution is 5.91. The molecular formula is C19H24N2O3. The number of carbonyl (C=O) groups excluding carboxylic acids is 1. The summed E-state index contributed by atoms with van der Waals surface area (Å²) in [4.78, 5) is 15.9. The minimum absolute atomic E-state index is 0.0397. The highest BCUT2D eigenvalue weighted by Gasteiger charge is 2.06. The van der Waals surface area contributed by atoms with Gasteiger partial charge in [-0.1, -0.05) is 18.6 Å². The summed E-state index contributed by atoms with van der Waals surface area (Å²) in [5.41, 5.74) is 2.55. The number of methoxy groups -OCH3 is 1. The minimum atomic E-state index is -0.111. The van der Waals surface area contributed by atoms with Crippen molar-refractivity contribution >= 4 is 11.6 Å². The molecule has 5 heteroatoms. The number of amides is 1. The maximum atomic E-state index is 11.9. The van der Waals surface area contributed by atoms with Crippen molar-refractivity contribution in [2.75, 3.05) is 12.4 Å². The normalized spacial score (nSPS) is 10.4. The van der Waals surface area contributed by atoms with Crippen molar-refractivity contribution in [2.24, 2.45) is 0 Å². The Hall–Kier alpha value is -2.40. The number of aliphatic hydroxyl groups excluding tert-OH is 1. The van der Waals surface area contributed by atoms with Gasteiger partial charge >= 0.3 is 0 Å². The molecule has 0 saturated heterocycles. The number of nitrogens with zero attached hydrogens (tertiary/aromatic N) is 1. The number of anilines is 1. The smallest absolute Gasteiger partial charge is 0.224 e. The van der Waals surface area contributed by atoms with E-state index in [1.807, 2.05) is 12.1 Å². The van der Waals surface area contributed by atoms with Crippen molar-refractivity contribution in [3.8, 4) is 5.75 Å². The van der Waals surface area contributed by atoms with Gasteiger partial charge in [-0.15, -0.1) is 0 Å². The molecule has 1 amide bonds. The van der Waals surface area contributed by atoms with Crippen LogP contribution in [0.15, 0.2) is 42.7 Å². The number of nitrogens with one attached hydrogen (secondary N) is 1. The first-order valence-electron chi connectivity index (χ1n) is 8.19. The lowest BCUT2D eigenvalue weighted by Gasteiger charge is -2.08. The van der Waals surface area contributed by atoms with E-state index in [1.54, 1.807) is 25.6 Å². The summed E-state index contributed by atoms with van der Waals surface area (Å²) in [5, 5.41) is 12.0. The number of ether oxygens (including phenoxy) is 1. The summed E-state index contributed by atoms with van der Waals surface area (Å²) in [6, 6.07) is 9.78. The van der Waals surface area contributed by atoms with Crippen LogP contribution in [0.4, 0.5) is 5.69 Å². The van der Waals surface area contributed by atoms with Gasteiger partial charge in [-0.05, 0) is 43.0 Å². The van der Waals surface area contributed by atoms with Gasteiger partial charge in [0, 0.05) is 18.2 Å². The van der Waals surface area contributed by atoms with E-state index in [1.165, 1.54) is 5.56 Å². The zero-order valence-corrected chi connectivity index (χ0v) is 14.0. The second kappa shape index (κ2) is 9.67. The molecule has 0 aliphatic rings. The summed E-state index contributed by atoms with van der Waals surface area (Å²) in [5.74, 6) is 0.829. The van der Waals surface area contributed by atoms with Gasteiger partial charge in [-0.3, -0.25) is 9.78 Å². The highest BCUT2D eigenvalue weighted by Crippen LogP contribution is 2.15. The molecule has 0 fully saturated rings. The van der Waals surface area contributed by atoms with Crippen LogP contribution in [0, 0.1) is 0 Å². The zero-order valence-electron chi connectivity index (χ0n) is 14.0. The van der Waals surface area contributed by atoms with E-state index in [2.05, 4.69) is 22.4 Å². The predicted molar refractivity (Wildman–Crippen MR) is 94.0 cm³/mol. The van der Waals surface area contributed by atoms with Gasteiger partial charge in [-0.25, -0.2) is 0 Å². The molecule has 1 heterocycles. The van der Waals surface area contributed by atoms with Crippen LogP contribution in [-0.4, -0.2) is 23.1 Å². The van der Waals surface area contributed by atoms with E-state index in [9.17, 15) is 9.90 Å². The molecule has 0 aliphatic carbocycles. The van der Waals surface area contributed by atoms with Gasteiger partial charge in [0.25, 0.3) is 0 Å². The second-order valence-electron chi connectivity index (χ2n) is 5.65. The molecule has 0 atom stereocenters. The number of hydrogen-bond acceptors (Lipinski definition) is 4. The monoisotopic (exact) mass is 328 g/mol. The van der Waals surface area contributed by atoms with Gasteiger partial charge in [0.15, 0.2) is 0 Å². The average Bonchev–Trinajstić information content (AvgIpc) is 2.62. The van der Waals surface area contributed by atoms with E-state index in [0.717, 1.165) is 31.4 Å². The summed E-state index contributed by atoms with van der Waals surface area (Å²) >= 11 is 0. The maximum absolute atomic E-state index is 11.9. The fourth-order valence-corrected chi connectivity index (χ4v) is 2.47. The van der Waals surface area contributed by atoms with E-state index >= 15 is 0 Å². The van der Waals surface area contributed by atoms with Crippen molar-refractivity contribution in [3.63, 3.8) is 0 Å². The topological polar surface area (TPSA) is 71.5 Å². The first kappa shape index (κ1) is 17.9. The van der Waals surface area contributed by atoms with Crippen LogP contribution in [0.5, 0.6) is 5.75 Å². The molecule has 0 aliphatic heterocycles. The van der Waals surface area contributed by atoms with Crippen LogP contribution in [0.3, 0.4) is 0 Å². The SMILES string of the molecule is COc1ccc(CCCCCC(=O)Nc2cnccc2CO)cc1. The molecule has 0 spiro atoms. The molecule has 24 heavy (non-hydrogen) atoms. The molecule has 128 valence electrons. The second-order valence-corrected chi connectivity index (χ2v) is 5.65. The van der Waals surface area contributed by atoms with Gasteiger partial charge in [0.2, 0.25) is 5.91 Å². The number of rotatable bonds is 9. The van der Waals surface area contributed by atoms with Crippen LogP contribution >= 0.6 is 0 Å². The summed E-state index contributed by atoms with van der Waals surface area (Å²) < 4.78 is 5.14. The van der Waals surface area contributed by atoms with Crippen LogP contribution in [0.2, 0.25) is 0 Å². The van der Waals surface area contributed by atoms with Crippen LogP contribution in [0.1, 0.15) is 36.8 Å². The van der Waals surface area contributed by atoms with Crippen molar-refractivity contribution in [1.29, 1.82) is 0 Å². The number of aliphatic hydroxyl groups is 1. The molecule has 1 aromatic carbocycles. The Labute approximate surface area is 142 Å². The van der Waals surface area contributed by atoms with E-state index in [0.29, 0.717) is 17.7 Å². The van der Waals surface area contributed by atoms with Crippen molar-refractivity contribution in [2.45, 2.75) is 38.7 Å². The Bertz CT molecular complexity index is 641. The molecule has 0 bridgehead atoms. The Balaban J connectivity index is 1.65. The quantitative estimate of drug-likeness (QED) is 0.693. The van der Waals surface area contributed by atoms with Crippen molar-refractivity contribution < 1.29 is 14.6 Å². The average molecular weight is 328 g/mol. The van der Waals surface area contributed by atoms with E-state index in [-0.39, 0.29) is 12.5 Å². The fourth-order valence-electron chi connectivity index (χ4n) is 2.47. The van der Waals surface area contributed by atoms with Crippen LogP contribution in [-0.2, 0) is 17.8 Å². The Kier molecular flexibility index (Phi) is 7.23. The van der Waals surface area contributed by atoms with Gasteiger partial charge in [0.05, 0.1) is 25.6 Å². The lowest BCUT2D eigenvalue weighted by Crippen LogP contribution is -2.13. The van der Waals surface area contributed by atoms with Crippen LogP contribution in [0.25, 0.3) is 0 Å². The zero-order chi connectivity index (χ0) is 17.2. The Morgan fingerprint density at radius 3 is 2.67 bits per heavy atom. The van der Waals surface area contributed by atoms with E-state index < -0.39 is 0 Å². The van der Waals surface area contributed by atoms with Crippen LogP contribution < -0.4 is 10.1 Å². The number of hydrogen-bond donors (Lipinski definition) is 2. The molecule has 2 aromatic rings. The number of benzene rings is 1. The predicted octanol–water partition coefficient (Wildman–Crippen LogP) is 3.32. The molecule has 5 nitrogen and oxygen atoms in total.